The van der Waals surface area contributed by atoms with Gasteiger partial charge in [-0.05, 0) is 25.7 Å². The lowest BCUT2D eigenvalue weighted by Gasteiger charge is -2.23. The van der Waals surface area contributed by atoms with E-state index in [9.17, 15) is 14.7 Å². The zero-order valence-corrected chi connectivity index (χ0v) is 14.2. The summed E-state index contributed by atoms with van der Waals surface area (Å²) in [7, 11) is 0. The van der Waals surface area contributed by atoms with Gasteiger partial charge in [0.05, 0.1) is 17.8 Å². The van der Waals surface area contributed by atoms with Gasteiger partial charge in [0.15, 0.2) is 0 Å². The summed E-state index contributed by atoms with van der Waals surface area (Å²) in [5.74, 6) is -1.47. The zero-order chi connectivity index (χ0) is 17.0. The molecule has 0 bridgehead atoms. The highest BCUT2D eigenvalue weighted by Gasteiger charge is 2.28. The maximum atomic E-state index is 12.5. The molecule has 6 heteroatoms. The summed E-state index contributed by atoms with van der Waals surface area (Å²) < 4.78 is 1.94. The van der Waals surface area contributed by atoms with Crippen LogP contribution in [-0.4, -0.2) is 32.8 Å². The van der Waals surface area contributed by atoms with Crippen LogP contribution in [0.2, 0.25) is 0 Å². The molecule has 1 aliphatic rings. The second kappa shape index (κ2) is 7.62. The third kappa shape index (κ3) is 3.92. The molecular weight excluding hydrogens is 294 g/mol. The average Bonchev–Trinajstić information content (AvgIpc) is 2.94. The highest BCUT2D eigenvalue weighted by Crippen LogP contribution is 2.29. The molecule has 2 rings (SSSR count). The molecule has 1 amide bonds. The molecule has 0 saturated heterocycles. The molecule has 1 heterocycles. The molecule has 0 spiro atoms. The summed E-state index contributed by atoms with van der Waals surface area (Å²) in [4.78, 5) is 23.8. The predicted molar refractivity (Wildman–Crippen MR) is 87.4 cm³/mol. The summed E-state index contributed by atoms with van der Waals surface area (Å²) in [5.41, 5.74) is 1.30. The highest BCUT2D eigenvalue weighted by atomic mass is 16.4. The molecule has 6 nitrogen and oxygen atoms in total. The van der Waals surface area contributed by atoms with Gasteiger partial charge in [-0.3, -0.25) is 9.48 Å². The summed E-state index contributed by atoms with van der Waals surface area (Å²) >= 11 is 0. The molecular formula is C17H27N3O3. The number of rotatable bonds is 6. The minimum absolute atomic E-state index is 0.120. The number of carbonyl (C=O) groups excluding carboxylic acids is 1. The molecule has 2 N–H and O–H groups in total. The van der Waals surface area contributed by atoms with E-state index < -0.39 is 12.0 Å². The molecule has 23 heavy (non-hydrogen) atoms. The second-order valence-electron chi connectivity index (χ2n) is 6.55. The molecule has 1 fully saturated rings. The summed E-state index contributed by atoms with van der Waals surface area (Å²) in [6.07, 6.45) is 8.09. The predicted octanol–water partition coefficient (Wildman–Crippen LogP) is 2.93. The lowest BCUT2D eigenvalue weighted by Crippen LogP contribution is -2.45. The van der Waals surface area contributed by atoms with Gasteiger partial charge in [-0.1, -0.05) is 39.5 Å². The van der Waals surface area contributed by atoms with Crippen LogP contribution in [0.15, 0.2) is 6.20 Å². The van der Waals surface area contributed by atoms with Crippen molar-refractivity contribution in [2.24, 2.45) is 5.92 Å². The largest absolute Gasteiger partial charge is 0.480 e. The van der Waals surface area contributed by atoms with E-state index >= 15 is 0 Å². The van der Waals surface area contributed by atoms with E-state index in [-0.39, 0.29) is 11.8 Å². The first-order valence-electron chi connectivity index (χ1n) is 8.53. The Morgan fingerprint density at radius 1 is 1.39 bits per heavy atom. The van der Waals surface area contributed by atoms with Gasteiger partial charge >= 0.3 is 5.97 Å². The third-order valence-corrected chi connectivity index (χ3v) is 4.98. The Labute approximate surface area is 137 Å². The number of nitrogens with zero attached hydrogens (tertiary/aromatic N) is 2. The van der Waals surface area contributed by atoms with Crippen molar-refractivity contribution in [3.63, 3.8) is 0 Å². The zero-order valence-electron chi connectivity index (χ0n) is 14.2. The fraction of sp³-hybridized carbons (Fsp3) is 0.706. The Kier molecular flexibility index (Phi) is 5.80. The number of aliphatic carboxylic acids is 1. The van der Waals surface area contributed by atoms with Gasteiger partial charge in [-0.2, -0.15) is 5.10 Å². The molecule has 1 saturated carbocycles. The molecule has 1 aromatic heterocycles. The van der Waals surface area contributed by atoms with E-state index in [2.05, 4.69) is 10.4 Å². The lowest BCUT2D eigenvalue weighted by atomic mass is 9.95. The van der Waals surface area contributed by atoms with Gasteiger partial charge in [-0.25, -0.2) is 4.79 Å². The Hall–Kier alpha value is -1.85. The Morgan fingerprint density at radius 2 is 2.04 bits per heavy atom. The van der Waals surface area contributed by atoms with Crippen molar-refractivity contribution in [3.8, 4) is 0 Å². The van der Waals surface area contributed by atoms with Crippen LogP contribution in [0.3, 0.4) is 0 Å². The first kappa shape index (κ1) is 17.5. The third-order valence-electron chi connectivity index (χ3n) is 4.98. The van der Waals surface area contributed by atoms with Crippen LogP contribution < -0.4 is 5.32 Å². The van der Waals surface area contributed by atoms with Gasteiger partial charge in [0, 0.05) is 5.69 Å². The number of carboxylic acid groups (broad SMARTS) is 1. The first-order valence-corrected chi connectivity index (χ1v) is 8.53. The van der Waals surface area contributed by atoms with Gasteiger partial charge in [0.25, 0.3) is 5.91 Å². The minimum Gasteiger partial charge on any atom is -0.480 e. The van der Waals surface area contributed by atoms with Crippen molar-refractivity contribution < 1.29 is 14.7 Å². The maximum Gasteiger partial charge on any atom is 0.326 e. The van der Waals surface area contributed by atoms with Gasteiger partial charge in [0.2, 0.25) is 0 Å². The normalized spacial score (nSPS) is 18.4. The van der Waals surface area contributed by atoms with E-state index in [0.29, 0.717) is 18.0 Å². The van der Waals surface area contributed by atoms with Crippen molar-refractivity contribution >= 4 is 11.9 Å². The quantitative estimate of drug-likeness (QED) is 0.843. The van der Waals surface area contributed by atoms with Crippen LogP contribution in [0.1, 0.15) is 74.5 Å². The first-order chi connectivity index (χ1) is 11.0. The van der Waals surface area contributed by atoms with E-state index in [1.165, 1.54) is 19.3 Å². The fourth-order valence-electron chi connectivity index (χ4n) is 3.24. The summed E-state index contributed by atoms with van der Waals surface area (Å²) in [5, 5.41) is 16.3. The van der Waals surface area contributed by atoms with E-state index in [4.69, 9.17) is 0 Å². The van der Waals surface area contributed by atoms with E-state index in [1.807, 2.05) is 25.5 Å². The molecule has 1 aliphatic carbocycles. The van der Waals surface area contributed by atoms with Gasteiger partial charge in [-0.15, -0.1) is 0 Å². The number of carboxylic acids is 1. The lowest BCUT2D eigenvalue weighted by molar-refractivity contribution is -0.140. The SMILES string of the molecule is CC[C@H](C)[C@H](NC(=O)c1cnn(C2CCCCC2)c1C)C(=O)O. The Bertz CT molecular complexity index is 561. The van der Waals surface area contributed by atoms with Gasteiger partial charge in [0.1, 0.15) is 6.04 Å². The molecule has 2 atom stereocenters. The van der Waals surface area contributed by atoms with E-state index in [0.717, 1.165) is 18.5 Å². The Balaban J connectivity index is 2.13. The number of hydrogen-bond acceptors (Lipinski definition) is 3. The van der Waals surface area contributed by atoms with Crippen molar-refractivity contribution in [2.45, 2.75) is 71.4 Å². The monoisotopic (exact) mass is 321 g/mol. The van der Waals surface area contributed by atoms with Crippen molar-refractivity contribution in [3.05, 3.63) is 17.5 Å². The standard InChI is InChI=1S/C17H27N3O3/c1-4-11(2)15(17(22)23)19-16(21)14-10-18-20(12(14)3)13-8-6-5-7-9-13/h10-11,13,15H,4-9H2,1-3H3,(H,19,21)(H,22,23)/t11-,15-/m0/s1. The molecule has 0 unspecified atom stereocenters. The molecule has 0 aromatic carbocycles. The smallest absolute Gasteiger partial charge is 0.326 e. The topological polar surface area (TPSA) is 84.2 Å². The van der Waals surface area contributed by atoms with E-state index in [1.54, 1.807) is 6.20 Å². The van der Waals surface area contributed by atoms with Crippen LogP contribution in [0.25, 0.3) is 0 Å². The molecule has 0 aliphatic heterocycles. The second-order valence-corrected chi connectivity index (χ2v) is 6.55. The summed E-state index contributed by atoms with van der Waals surface area (Å²) in [6, 6.07) is -0.514. The number of amides is 1. The highest BCUT2D eigenvalue weighted by molar-refractivity contribution is 5.97. The molecule has 128 valence electrons. The van der Waals surface area contributed by atoms with Crippen molar-refractivity contribution in [1.29, 1.82) is 0 Å². The van der Waals surface area contributed by atoms with Crippen LogP contribution in [0, 0.1) is 12.8 Å². The minimum atomic E-state index is -0.995. The number of hydrogen-bond donors (Lipinski definition) is 2. The number of nitrogens with one attached hydrogen (secondary N) is 1. The van der Waals surface area contributed by atoms with Crippen LogP contribution in [-0.2, 0) is 4.79 Å². The average molecular weight is 321 g/mol. The van der Waals surface area contributed by atoms with Gasteiger partial charge < -0.3 is 10.4 Å². The fourth-order valence-corrected chi connectivity index (χ4v) is 3.24. The van der Waals surface area contributed by atoms with Crippen molar-refractivity contribution in [1.82, 2.24) is 15.1 Å². The number of carbonyl (C=O) groups is 2. The summed E-state index contributed by atoms with van der Waals surface area (Å²) in [6.45, 7) is 5.63. The molecule has 0 radical (unpaired) electrons. The van der Waals surface area contributed by atoms with Crippen LogP contribution >= 0.6 is 0 Å². The Morgan fingerprint density at radius 3 is 2.61 bits per heavy atom. The van der Waals surface area contributed by atoms with Crippen molar-refractivity contribution in [2.75, 3.05) is 0 Å². The molecule has 1 aromatic rings. The maximum absolute atomic E-state index is 12.5. The number of aromatic nitrogens is 2. The van der Waals surface area contributed by atoms with Crippen LogP contribution in [0.4, 0.5) is 0 Å². The van der Waals surface area contributed by atoms with Crippen LogP contribution in [0.5, 0.6) is 0 Å².